The topological polar surface area (TPSA) is 93.8 Å². The highest BCUT2D eigenvalue weighted by Crippen LogP contribution is 2.33. The zero-order valence-electron chi connectivity index (χ0n) is 11.0. The van der Waals surface area contributed by atoms with Crippen LogP contribution in [0.25, 0.3) is 0 Å². The van der Waals surface area contributed by atoms with Gasteiger partial charge in [-0.15, -0.1) is 0 Å². The molecule has 0 spiro atoms. The highest BCUT2D eigenvalue weighted by atomic mass is 16.6. The Kier molecular flexibility index (Phi) is 3.79. The number of nitro benzene ring substituents is 1. The van der Waals surface area contributed by atoms with E-state index in [0.29, 0.717) is 16.8 Å². The van der Waals surface area contributed by atoms with Crippen molar-refractivity contribution in [2.24, 2.45) is 5.10 Å². The molecule has 7 nitrogen and oxygen atoms in total. The molecule has 1 atom stereocenters. The number of nitrogens with zero attached hydrogens (tertiary/aromatic N) is 2. The van der Waals surface area contributed by atoms with Crippen LogP contribution in [0, 0.1) is 10.1 Å². The Bertz CT molecular complexity index is 622. The minimum absolute atomic E-state index is 0.0555. The molecule has 2 rings (SSSR count). The molecule has 1 unspecified atom stereocenters. The average molecular weight is 275 g/mol. The first kappa shape index (κ1) is 13.7. The minimum Gasteiger partial charge on any atom is -0.466 e. The Morgan fingerprint density at radius 2 is 2.15 bits per heavy atom. The van der Waals surface area contributed by atoms with Gasteiger partial charge in [0, 0.05) is 23.5 Å². The summed E-state index contributed by atoms with van der Waals surface area (Å²) < 4.78 is 4.74. The molecular formula is C13H13N3O4. The van der Waals surface area contributed by atoms with Gasteiger partial charge in [-0.2, -0.15) is 5.10 Å². The van der Waals surface area contributed by atoms with Crippen molar-refractivity contribution in [1.82, 2.24) is 5.43 Å². The van der Waals surface area contributed by atoms with Gasteiger partial charge in [-0.3, -0.25) is 15.5 Å². The predicted octanol–water partition coefficient (Wildman–Crippen LogP) is 1.71. The van der Waals surface area contributed by atoms with E-state index >= 15 is 0 Å². The van der Waals surface area contributed by atoms with Crippen LogP contribution >= 0.6 is 0 Å². The van der Waals surface area contributed by atoms with Gasteiger partial charge in [-0.25, -0.2) is 4.79 Å². The maximum Gasteiger partial charge on any atom is 0.336 e. The van der Waals surface area contributed by atoms with Crippen molar-refractivity contribution >= 4 is 17.9 Å². The van der Waals surface area contributed by atoms with Crippen LogP contribution in [0.4, 0.5) is 5.69 Å². The summed E-state index contributed by atoms with van der Waals surface area (Å²) in [4.78, 5) is 22.5. The molecule has 0 fully saturated rings. The molecule has 0 radical (unpaired) electrons. The van der Waals surface area contributed by atoms with Crippen LogP contribution in [0.2, 0.25) is 0 Å². The minimum atomic E-state index is -0.606. The van der Waals surface area contributed by atoms with Crippen molar-refractivity contribution < 1.29 is 14.5 Å². The van der Waals surface area contributed by atoms with Crippen molar-refractivity contribution in [2.45, 2.75) is 12.8 Å². The van der Waals surface area contributed by atoms with Crippen LogP contribution in [0.1, 0.15) is 18.4 Å². The number of hydrazone groups is 1. The van der Waals surface area contributed by atoms with Crippen LogP contribution in [0.3, 0.4) is 0 Å². The molecule has 1 aliphatic heterocycles. The van der Waals surface area contributed by atoms with E-state index in [1.54, 1.807) is 25.1 Å². The third-order valence-corrected chi connectivity index (χ3v) is 3.04. The van der Waals surface area contributed by atoms with Crippen LogP contribution in [-0.4, -0.2) is 24.2 Å². The summed E-state index contributed by atoms with van der Waals surface area (Å²) in [6.07, 6.45) is 1.46. The molecule has 1 N–H and O–H groups in total. The Hall–Kier alpha value is -2.70. The summed E-state index contributed by atoms with van der Waals surface area (Å²) in [5.74, 6) is -1.14. The maximum atomic E-state index is 11.9. The molecule has 0 aromatic heterocycles. The molecule has 1 aliphatic rings. The molecule has 0 amide bonds. The molecule has 1 heterocycles. The second-order valence-electron chi connectivity index (χ2n) is 4.21. The summed E-state index contributed by atoms with van der Waals surface area (Å²) in [5, 5.41) is 15.0. The zero-order valence-corrected chi connectivity index (χ0v) is 11.0. The van der Waals surface area contributed by atoms with E-state index in [4.69, 9.17) is 4.74 Å². The van der Waals surface area contributed by atoms with Crippen LogP contribution in [0.15, 0.2) is 40.6 Å². The number of carbonyl (C=O) groups excluding carboxylic acids is 1. The molecule has 1 aromatic rings. The lowest BCUT2D eigenvalue weighted by Gasteiger charge is -2.21. The van der Waals surface area contributed by atoms with Gasteiger partial charge in [-0.1, -0.05) is 18.2 Å². The average Bonchev–Trinajstić information content (AvgIpc) is 2.46. The van der Waals surface area contributed by atoms with Crippen molar-refractivity contribution in [3.63, 3.8) is 0 Å². The third kappa shape index (κ3) is 2.37. The number of para-hydroxylation sites is 1. The summed E-state index contributed by atoms with van der Waals surface area (Å²) in [5.41, 5.74) is 3.86. The standard InChI is InChI=1S/C13H13N3O4/c1-8-12(13(17)20-2)10(7-14-15-8)9-5-3-4-6-11(9)16(18)19/h3-7,10,15H,1-2H3. The first-order chi connectivity index (χ1) is 9.56. The monoisotopic (exact) mass is 275 g/mol. The van der Waals surface area contributed by atoms with Gasteiger partial charge >= 0.3 is 5.97 Å². The molecular weight excluding hydrogens is 262 g/mol. The number of nitrogens with one attached hydrogen (secondary N) is 1. The summed E-state index contributed by atoms with van der Waals surface area (Å²) in [6, 6.07) is 6.27. The number of carbonyl (C=O) groups is 1. The number of rotatable bonds is 3. The normalized spacial score (nSPS) is 17.6. The van der Waals surface area contributed by atoms with E-state index in [9.17, 15) is 14.9 Å². The van der Waals surface area contributed by atoms with Gasteiger partial charge in [0.1, 0.15) is 0 Å². The maximum absolute atomic E-state index is 11.9. The molecule has 0 aliphatic carbocycles. The van der Waals surface area contributed by atoms with Crippen molar-refractivity contribution in [2.75, 3.05) is 7.11 Å². The molecule has 0 saturated carbocycles. The van der Waals surface area contributed by atoms with Crippen LogP contribution in [-0.2, 0) is 9.53 Å². The molecule has 0 bridgehead atoms. The highest BCUT2D eigenvalue weighted by molar-refractivity contribution is 5.98. The Morgan fingerprint density at radius 3 is 2.80 bits per heavy atom. The predicted molar refractivity (Wildman–Crippen MR) is 72.2 cm³/mol. The fourth-order valence-electron chi connectivity index (χ4n) is 2.12. The van der Waals surface area contributed by atoms with E-state index in [1.165, 1.54) is 19.4 Å². The van der Waals surface area contributed by atoms with Crippen LogP contribution in [0.5, 0.6) is 0 Å². The van der Waals surface area contributed by atoms with Gasteiger partial charge in [0.15, 0.2) is 0 Å². The van der Waals surface area contributed by atoms with Gasteiger partial charge in [0.25, 0.3) is 5.69 Å². The first-order valence-corrected chi connectivity index (χ1v) is 5.88. The number of nitro groups is 1. The lowest BCUT2D eigenvalue weighted by Crippen LogP contribution is -2.25. The number of hydrogen-bond acceptors (Lipinski definition) is 6. The quantitative estimate of drug-likeness (QED) is 0.515. The molecule has 1 aromatic carbocycles. The molecule has 7 heteroatoms. The van der Waals surface area contributed by atoms with Crippen molar-refractivity contribution in [3.05, 3.63) is 51.2 Å². The zero-order chi connectivity index (χ0) is 14.7. The van der Waals surface area contributed by atoms with Crippen molar-refractivity contribution in [3.8, 4) is 0 Å². The second-order valence-corrected chi connectivity index (χ2v) is 4.21. The smallest absolute Gasteiger partial charge is 0.336 e. The van der Waals surface area contributed by atoms with Crippen molar-refractivity contribution in [1.29, 1.82) is 0 Å². The number of benzene rings is 1. The Labute approximate surface area is 115 Å². The number of allylic oxidation sites excluding steroid dienone is 1. The number of esters is 1. The Morgan fingerprint density at radius 1 is 1.45 bits per heavy atom. The van der Waals surface area contributed by atoms with E-state index in [0.717, 1.165) is 0 Å². The van der Waals surface area contributed by atoms with Crippen LogP contribution < -0.4 is 5.43 Å². The Balaban J connectivity index is 2.56. The number of hydrogen-bond donors (Lipinski definition) is 1. The second kappa shape index (κ2) is 5.52. The first-order valence-electron chi connectivity index (χ1n) is 5.88. The van der Waals surface area contributed by atoms with E-state index in [1.807, 2.05) is 0 Å². The highest BCUT2D eigenvalue weighted by Gasteiger charge is 2.31. The molecule has 0 saturated heterocycles. The van der Waals surface area contributed by atoms with Gasteiger partial charge in [0.2, 0.25) is 0 Å². The summed E-state index contributed by atoms with van der Waals surface area (Å²) in [7, 11) is 1.27. The molecule has 20 heavy (non-hydrogen) atoms. The largest absolute Gasteiger partial charge is 0.466 e. The summed E-state index contributed by atoms with van der Waals surface area (Å²) in [6.45, 7) is 1.67. The lowest BCUT2D eigenvalue weighted by atomic mass is 9.89. The fraction of sp³-hybridized carbons (Fsp3) is 0.231. The molecule has 104 valence electrons. The van der Waals surface area contributed by atoms with E-state index in [-0.39, 0.29) is 5.69 Å². The SMILES string of the molecule is COC(=O)C1=C(C)NN=CC1c1ccccc1[N+](=O)[O-]. The summed E-state index contributed by atoms with van der Waals surface area (Å²) >= 11 is 0. The number of methoxy groups -OCH3 is 1. The van der Waals surface area contributed by atoms with Gasteiger partial charge in [0.05, 0.1) is 23.5 Å². The van der Waals surface area contributed by atoms with Gasteiger partial charge in [-0.05, 0) is 6.92 Å². The number of ether oxygens (including phenoxy) is 1. The third-order valence-electron chi connectivity index (χ3n) is 3.04. The van der Waals surface area contributed by atoms with E-state index < -0.39 is 16.8 Å². The van der Waals surface area contributed by atoms with Gasteiger partial charge < -0.3 is 4.74 Å². The van der Waals surface area contributed by atoms with E-state index in [2.05, 4.69) is 10.5 Å². The lowest BCUT2D eigenvalue weighted by molar-refractivity contribution is -0.385. The fourth-order valence-corrected chi connectivity index (χ4v) is 2.12.